The number of carbonyl (C=O) groups excluding carboxylic acids is 1. The SMILES string of the molecule is Cc1cccc(OCCNC(=O)c2ccc(CN(c3ccc(C)cc3C)S(C)(=O)=O)cc2)c1. The van der Waals surface area contributed by atoms with Crippen LogP contribution in [0.25, 0.3) is 0 Å². The van der Waals surface area contributed by atoms with Crippen molar-refractivity contribution in [1.82, 2.24) is 5.32 Å². The van der Waals surface area contributed by atoms with E-state index in [0.717, 1.165) is 28.0 Å². The Morgan fingerprint density at radius 3 is 2.27 bits per heavy atom. The third-order valence-electron chi connectivity index (χ3n) is 5.21. The van der Waals surface area contributed by atoms with E-state index in [1.54, 1.807) is 24.3 Å². The van der Waals surface area contributed by atoms with Crippen LogP contribution < -0.4 is 14.4 Å². The highest BCUT2D eigenvalue weighted by molar-refractivity contribution is 7.92. The molecule has 0 saturated heterocycles. The fourth-order valence-corrected chi connectivity index (χ4v) is 4.48. The normalized spacial score (nSPS) is 11.2. The third-order valence-corrected chi connectivity index (χ3v) is 6.34. The van der Waals surface area contributed by atoms with Crippen LogP contribution >= 0.6 is 0 Å². The second-order valence-electron chi connectivity index (χ2n) is 8.18. The first-order valence-electron chi connectivity index (χ1n) is 10.7. The van der Waals surface area contributed by atoms with Gasteiger partial charge in [-0.05, 0) is 67.8 Å². The third kappa shape index (κ3) is 6.83. The zero-order valence-corrected chi connectivity index (χ0v) is 20.3. The van der Waals surface area contributed by atoms with E-state index in [0.29, 0.717) is 24.4 Å². The van der Waals surface area contributed by atoms with E-state index < -0.39 is 10.0 Å². The zero-order chi connectivity index (χ0) is 24.0. The van der Waals surface area contributed by atoms with Crippen LogP contribution in [0.3, 0.4) is 0 Å². The molecule has 3 aromatic rings. The number of hydrogen-bond acceptors (Lipinski definition) is 4. The van der Waals surface area contributed by atoms with Gasteiger partial charge in [-0.3, -0.25) is 9.10 Å². The van der Waals surface area contributed by atoms with Gasteiger partial charge in [-0.1, -0.05) is 42.0 Å². The molecule has 6 nitrogen and oxygen atoms in total. The highest BCUT2D eigenvalue weighted by atomic mass is 32.2. The molecule has 0 spiro atoms. The molecule has 0 bridgehead atoms. The van der Waals surface area contributed by atoms with Crippen molar-refractivity contribution < 1.29 is 17.9 Å². The number of nitrogens with zero attached hydrogens (tertiary/aromatic N) is 1. The first kappa shape index (κ1) is 24.3. The number of anilines is 1. The number of sulfonamides is 1. The van der Waals surface area contributed by atoms with Gasteiger partial charge in [0.25, 0.3) is 5.91 Å². The summed E-state index contributed by atoms with van der Waals surface area (Å²) in [7, 11) is -3.48. The van der Waals surface area contributed by atoms with E-state index in [-0.39, 0.29) is 12.5 Å². The molecule has 1 N–H and O–H groups in total. The molecule has 0 atom stereocenters. The number of nitrogens with one attached hydrogen (secondary N) is 1. The predicted molar refractivity (Wildman–Crippen MR) is 132 cm³/mol. The fraction of sp³-hybridized carbons (Fsp3) is 0.269. The average Bonchev–Trinajstić information content (AvgIpc) is 2.75. The lowest BCUT2D eigenvalue weighted by molar-refractivity contribution is 0.0947. The van der Waals surface area contributed by atoms with E-state index in [4.69, 9.17) is 4.74 Å². The smallest absolute Gasteiger partial charge is 0.251 e. The van der Waals surface area contributed by atoms with Crippen LogP contribution in [0.1, 0.15) is 32.6 Å². The molecule has 7 heteroatoms. The fourth-order valence-electron chi connectivity index (χ4n) is 3.53. The maximum Gasteiger partial charge on any atom is 0.251 e. The van der Waals surface area contributed by atoms with Crippen molar-refractivity contribution in [1.29, 1.82) is 0 Å². The molecule has 0 fully saturated rings. The minimum atomic E-state index is -3.48. The van der Waals surface area contributed by atoms with Crippen LogP contribution in [-0.2, 0) is 16.6 Å². The van der Waals surface area contributed by atoms with Gasteiger partial charge < -0.3 is 10.1 Å². The van der Waals surface area contributed by atoms with Gasteiger partial charge in [0, 0.05) is 5.56 Å². The van der Waals surface area contributed by atoms with Gasteiger partial charge in [0.1, 0.15) is 12.4 Å². The molecule has 0 heterocycles. The molecule has 0 radical (unpaired) electrons. The van der Waals surface area contributed by atoms with Crippen molar-refractivity contribution in [3.05, 3.63) is 94.5 Å². The molecule has 3 rings (SSSR count). The van der Waals surface area contributed by atoms with Gasteiger partial charge in [0.2, 0.25) is 10.0 Å². The summed E-state index contributed by atoms with van der Waals surface area (Å²) in [5.41, 5.74) is 5.03. The number of rotatable bonds is 9. The highest BCUT2D eigenvalue weighted by Crippen LogP contribution is 2.25. The highest BCUT2D eigenvalue weighted by Gasteiger charge is 2.20. The number of hydrogen-bond donors (Lipinski definition) is 1. The van der Waals surface area contributed by atoms with Crippen molar-refractivity contribution >= 4 is 21.6 Å². The summed E-state index contributed by atoms with van der Waals surface area (Å²) < 4.78 is 32.0. The molecule has 0 aromatic heterocycles. The number of amides is 1. The molecule has 1 amide bonds. The minimum absolute atomic E-state index is 0.189. The largest absolute Gasteiger partial charge is 0.492 e. The summed E-state index contributed by atoms with van der Waals surface area (Å²) >= 11 is 0. The summed E-state index contributed by atoms with van der Waals surface area (Å²) in [5, 5.41) is 2.84. The predicted octanol–water partition coefficient (Wildman–Crippen LogP) is 4.39. The molecule has 0 aliphatic heterocycles. The zero-order valence-electron chi connectivity index (χ0n) is 19.5. The summed E-state index contributed by atoms with van der Waals surface area (Å²) in [4.78, 5) is 12.4. The molecule has 174 valence electrons. The van der Waals surface area contributed by atoms with E-state index in [1.165, 1.54) is 10.6 Å². The van der Waals surface area contributed by atoms with E-state index in [1.807, 2.05) is 63.2 Å². The maximum absolute atomic E-state index is 12.5. The lowest BCUT2D eigenvalue weighted by Crippen LogP contribution is -2.30. The van der Waals surface area contributed by atoms with Crippen molar-refractivity contribution in [3.63, 3.8) is 0 Å². The van der Waals surface area contributed by atoms with E-state index in [2.05, 4.69) is 5.32 Å². The molecular weight excluding hydrogens is 436 g/mol. The lowest BCUT2D eigenvalue weighted by atomic mass is 10.1. The first-order valence-corrected chi connectivity index (χ1v) is 12.6. The van der Waals surface area contributed by atoms with Gasteiger partial charge in [-0.2, -0.15) is 0 Å². The Morgan fingerprint density at radius 1 is 0.939 bits per heavy atom. The number of ether oxygens (including phenoxy) is 1. The molecule has 0 aliphatic carbocycles. The molecule has 0 unspecified atom stereocenters. The number of benzene rings is 3. The molecule has 33 heavy (non-hydrogen) atoms. The second kappa shape index (κ2) is 10.5. The standard InChI is InChI=1S/C26H30N2O4S/c1-19-6-5-7-24(17-19)32-15-14-27-26(29)23-11-9-22(10-12-23)18-28(33(4,30)31)25-13-8-20(2)16-21(25)3/h5-13,16-17H,14-15,18H2,1-4H3,(H,27,29). The molecule has 0 saturated carbocycles. The topological polar surface area (TPSA) is 75.7 Å². The Morgan fingerprint density at radius 2 is 1.64 bits per heavy atom. The molecular formula is C26H30N2O4S. The summed E-state index contributed by atoms with van der Waals surface area (Å²) in [5.74, 6) is 0.566. The van der Waals surface area contributed by atoms with Crippen molar-refractivity contribution in [2.24, 2.45) is 0 Å². The van der Waals surface area contributed by atoms with E-state index in [9.17, 15) is 13.2 Å². The Balaban J connectivity index is 1.60. The van der Waals surface area contributed by atoms with Crippen molar-refractivity contribution in [2.45, 2.75) is 27.3 Å². The van der Waals surface area contributed by atoms with Gasteiger partial charge >= 0.3 is 0 Å². The second-order valence-corrected chi connectivity index (χ2v) is 10.1. The van der Waals surface area contributed by atoms with Gasteiger partial charge in [-0.25, -0.2) is 8.42 Å². The summed E-state index contributed by atoms with van der Waals surface area (Å²) in [6, 6.07) is 20.4. The number of aryl methyl sites for hydroxylation is 3. The van der Waals surface area contributed by atoms with Gasteiger partial charge in [-0.15, -0.1) is 0 Å². The van der Waals surface area contributed by atoms with Crippen LogP contribution in [-0.4, -0.2) is 33.7 Å². The van der Waals surface area contributed by atoms with Crippen molar-refractivity contribution in [2.75, 3.05) is 23.7 Å². The van der Waals surface area contributed by atoms with Crippen LogP contribution in [0, 0.1) is 20.8 Å². The lowest BCUT2D eigenvalue weighted by Gasteiger charge is -2.24. The summed E-state index contributed by atoms with van der Waals surface area (Å²) in [6.07, 6.45) is 1.20. The Labute approximate surface area is 196 Å². The van der Waals surface area contributed by atoms with Gasteiger partial charge in [0.05, 0.1) is 25.0 Å². The maximum atomic E-state index is 12.5. The van der Waals surface area contributed by atoms with Crippen LogP contribution in [0.4, 0.5) is 5.69 Å². The molecule has 0 aliphatic rings. The van der Waals surface area contributed by atoms with Crippen LogP contribution in [0.2, 0.25) is 0 Å². The Hall–Kier alpha value is -3.32. The monoisotopic (exact) mass is 466 g/mol. The number of carbonyl (C=O) groups is 1. The van der Waals surface area contributed by atoms with Crippen LogP contribution in [0.15, 0.2) is 66.7 Å². The Kier molecular flexibility index (Phi) is 7.76. The average molecular weight is 467 g/mol. The molecule has 3 aromatic carbocycles. The van der Waals surface area contributed by atoms with Crippen molar-refractivity contribution in [3.8, 4) is 5.75 Å². The van der Waals surface area contributed by atoms with E-state index >= 15 is 0 Å². The van der Waals surface area contributed by atoms with Crippen LogP contribution in [0.5, 0.6) is 5.75 Å². The minimum Gasteiger partial charge on any atom is -0.492 e. The first-order chi connectivity index (χ1) is 15.6. The summed E-state index contributed by atoms with van der Waals surface area (Å²) in [6.45, 7) is 6.80. The Bertz CT molecular complexity index is 1220. The quantitative estimate of drug-likeness (QED) is 0.475. The van der Waals surface area contributed by atoms with Gasteiger partial charge in [0.15, 0.2) is 0 Å².